The van der Waals surface area contributed by atoms with Crippen LogP contribution >= 0.6 is 22.9 Å². The third-order valence-electron chi connectivity index (χ3n) is 5.53. The fourth-order valence-corrected chi connectivity index (χ4v) is 4.96. The van der Waals surface area contributed by atoms with Gasteiger partial charge in [-0.25, -0.2) is 9.37 Å². The second-order valence-electron chi connectivity index (χ2n) is 8.30. The Morgan fingerprint density at radius 1 is 1.38 bits per heavy atom. The van der Waals surface area contributed by atoms with Gasteiger partial charge in [0.05, 0.1) is 17.8 Å². The van der Waals surface area contributed by atoms with Crippen molar-refractivity contribution in [2.45, 2.75) is 70.6 Å². The summed E-state index contributed by atoms with van der Waals surface area (Å²) in [6.07, 6.45) is 6.17. The number of amides is 1. The Labute approximate surface area is 197 Å². The van der Waals surface area contributed by atoms with Crippen molar-refractivity contribution in [1.82, 2.24) is 15.2 Å². The average Bonchev–Trinajstić information content (AvgIpc) is 3.20. The normalized spacial score (nSPS) is 20.1. The molecule has 1 aromatic heterocycles. The number of aromatic nitrogens is 1. The van der Waals surface area contributed by atoms with E-state index in [-0.39, 0.29) is 35.9 Å². The minimum absolute atomic E-state index is 0.0211. The van der Waals surface area contributed by atoms with E-state index in [1.54, 1.807) is 18.2 Å². The molecule has 0 aliphatic heterocycles. The van der Waals surface area contributed by atoms with Crippen LogP contribution in [0.3, 0.4) is 0 Å². The fourth-order valence-electron chi connectivity index (χ4n) is 4.14. The van der Waals surface area contributed by atoms with E-state index in [1.807, 2.05) is 6.92 Å². The molecule has 1 aliphatic rings. The smallest absolute Gasteiger partial charge is 0.280 e. The number of rotatable bonds is 7. The molecule has 9 heteroatoms. The number of hydrogen-bond acceptors (Lipinski definition) is 5. The maximum atomic E-state index is 14.8. The molecule has 32 heavy (non-hydrogen) atoms. The first-order valence-electron chi connectivity index (χ1n) is 10.8. The summed E-state index contributed by atoms with van der Waals surface area (Å²) in [5.74, 6) is -0.00255. The van der Waals surface area contributed by atoms with E-state index in [4.69, 9.17) is 22.0 Å². The highest BCUT2D eigenvalue weighted by Crippen LogP contribution is 2.28. The van der Waals surface area contributed by atoms with Crippen LogP contribution in [-0.2, 0) is 0 Å². The lowest BCUT2D eigenvalue weighted by molar-refractivity contribution is 0.0909. The predicted octanol–water partition coefficient (Wildman–Crippen LogP) is 5.17. The van der Waals surface area contributed by atoms with Crippen molar-refractivity contribution in [2.24, 2.45) is 4.99 Å². The van der Waals surface area contributed by atoms with Gasteiger partial charge in [0.1, 0.15) is 16.0 Å². The van der Waals surface area contributed by atoms with Gasteiger partial charge in [-0.2, -0.15) is 0 Å². The van der Waals surface area contributed by atoms with Gasteiger partial charge in [-0.3, -0.25) is 9.79 Å². The molecule has 6 nitrogen and oxygen atoms in total. The Bertz CT molecular complexity index is 979. The predicted molar refractivity (Wildman–Crippen MR) is 129 cm³/mol. The SMILES string of the molecule is CC(C=N)/N=C(/c1ccccc1F)N(C(C)C)[C@@H]1CCC[C@H](NC(=O)c2ncc(Cl)s2)C1. The maximum absolute atomic E-state index is 14.8. The molecule has 0 saturated heterocycles. The lowest BCUT2D eigenvalue weighted by Gasteiger charge is -2.42. The number of aliphatic imine (C=N–C) groups is 1. The summed E-state index contributed by atoms with van der Waals surface area (Å²) < 4.78 is 15.3. The van der Waals surface area contributed by atoms with E-state index in [9.17, 15) is 9.18 Å². The van der Waals surface area contributed by atoms with Crippen LogP contribution in [-0.4, -0.2) is 52.0 Å². The molecule has 3 atom stereocenters. The first-order chi connectivity index (χ1) is 15.3. The molecule has 0 bridgehead atoms. The van der Waals surface area contributed by atoms with Gasteiger partial charge >= 0.3 is 0 Å². The highest BCUT2D eigenvalue weighted by Gasteiger charge is 2.33. The number of nitrogens with one attached hydrogen (secondary N) is 2. The van der Waals surface area contributed by atoms with Crippen LogP contribution in [0.15, 0.2) is 35.5 Å². The number of carbonyl (C=O) groups is 1. The van der Waals surface area contributed by atoms with Gasteiger partial charge < -0.3 is 15.6 Å². The van der Waals surface area contributed by atoms with Gasteiger partial charge in [0.15, 0.2) is 5.01 Å². The molecule has 1 aliphatic carbocycles. The van der Waals surface area contributed by atoms with Crippen molar-refractivity contribution in [3.8, 4) is 0 Å². The van der Waals surface area contributed by atoms with Crippen LogP contribution in [0.1, 0.15) is 61.8 Å². The van der Waals surface area contributed by atoms with E-state index in [0.717, 1.165) is 37.0 Å². The number of benzene rings is 1. The number of nitrogens with zero attached hydrogens (tertiary/aromatic N) is 3. The average molecular weight is 478 g/mol. The third kappa shape index (κ3) is 5.92. The molecule has 1 unspecified atom stereocenters. The van der Waals surface area contributed by atoms with Crippen LogP contribution in [0.5, 0.6) is 0 Å². The summed E-state index contributed by atoms with van der Waals surface area (Å²) in [6.45, 7) is 5.94. The zero-order valence-electron chi connectivity index (χ0n) is 18.5. The Morgan fingerprint density at radius 2 is 2.12 bits per heavy atom. The van der Waals surface area contributed by atoms with Crippen LogP contribution in [0.4, 0.5) is 4.39 Å². The molecule has 2 aromatic rings. The Morgan fingerprint density at radius 3 is 2.75 bits per heavy atom. The van der Waals surface area contributed by atoms with Crippen LogP contribution in [0, 0.1) is 11.2 Å². The van der Waals surface area contributed by atoms with Crippen molar-refractivity contribution in [3.63, 3.8) is 0 Å². The van der Waals surface area contributed by atoms with E-state index in [1.165, 1.54) is 18.5 Å². The van der Waals surface area contributed by atoms with Crippen molar-refractivity contribution < 1.29 is 9.18 Å². The molecule has 2 N–H and O–H groups in total. The quantitative estimate of drug-likeness (QED) is 0.426. The highest BCUT2D eigenvalue weighted by atomic mass is 35.5. The van der Waals surface area contributed by atoms with Gasteiger partial charge in [0.2, 0.25) is 0 Å². The van der Waals surface area contributed by atoms with Crippen LogP contribution < -0.4 is 5.32 Å². The monoisotopic (exact) mass is 477 g/mol. The summed E-state index contributed by atoms with van der Waals surface area (Å²) in [5.41, 5.74) is 0.429. The maximum Gasteiger partial charge on any atom is 0.280 e. The Hall–Kier alpha value is -2.32. The number of hydrogen-bond donors (Lipinski definition) is 2. The number of carbonyl (C=O) groups excluding carboxylic acids is 1. The second-order valence-corrected chi connectivity index (χ2v) is 9.96. The summed E-state index contributed by atoms with van der Waals surface area (Å²) >= 11 is 7.08. The van der Waals surface area contributed by atoms with Crippen LogP contribution in [0.25, 0.3) is 0 Å². The summed E-state index contributed by atoms with van der Waals surface area (Å²) in [6, 6.07) is 6.36. The number of amidine groups is 1. The van der Waals surface area contributed by atoms with Gasteiger partial charge in [-0.15, -0.1) is 0 Å². The minimum Gasteiger partial charge on any atom is -0.351 e. The highest BCUT2D eigenvalue weighted by molar-refractivity contribution is 7.17. The fraction of sp³-hybridized carbons (Fsp3) is 0.478. The van der Waals surface area contributed by atoms with Gasteiger partial charge in [-0.05, 0) is 58.6 Å². The number of halogens is 2. The molecule has 1 aromatic carbocycles. The van der Waals surface area contributed by atoms with Gasteiger partial charge in [0.25, 0.3) is 5.91 Å². The number of thiazole rings is 1. The standard InChI is InChI=1S/C23H29ClFN5OS/c1-14(2)30(21(28-15(3)12-26)18-9-4-5-10-19(18)25)17-8-6-7-16(11-17)29-22(31)23-27-13-20(24)32-23/h4-5,9-10,12-17,26H,6-8,11H2,1-3H3,(H,29,31)/b26-12?,28-21-/t15?,16-,17+/m0/s1. The molecule has 3 rings (SSSR count). The summed E-state index contributed by atoms with van der Waals surface area (Å²) in [4.78, 5) is 23.5. The molecular formula is C23H29ClFN5OS. The second kappa shape index (κ2) is 11.0. The minimum atomic E-state index is -0.375. The molecule has 0 radical (unpaired) electrons. The van der Waals surface area contributed by atoms with E-state index in [0.29, 0.717) is 20.7 Å². The molecule has 1 saturated carbocycles. The summed E-state index contributed by atoms with van der Waals surface area (Å²) in [5, 5.41) is 11.0. The van der Waals surface area contributed by atoms with E-state index >= 15 is 0 Å². The van der Waals surface area contributed by atoms with Gasteiger partial charge in [0, 0.05) is 24.3 Å². The topological polar surface area (TPSA) is 81.4 Å². The first kappa shape index (κ1) is 24.3. The first-order valence-corrected chi connectivity index (χ1v) is 12.0. The summed E-state index contributed by atoms with van der Waals surface area (Å²) in [7, 11) is 0. The van der Waals surface area contributed by atoms with Crippen molar-refractivity contribution in [2.75, 3.05) is 0 Å². The molecule has 1 fully saturated rings. The zero-order valence-corrected chi connectivity index (χ0v) is 20.1. The Balaban J connectivity index is 1.86. The third-order valence-corrected chi connectivity index (χ3v) is 6.64. The zero-order chi connectivity index (χ0) is 23.3. The van der Waals surface area contributed by atoms with E-state index in [2.05, 4.69) is 29.0 Å². The molecular weight excluding hydrogens is 449 g/mol. The largest absolute Gasteiger partial charge is 0.351 e. The molecule has 1 amide bonds. The van der Waals surface area contributed by atoms with Crippen LogP contribution in [0.2, 0.25) is 4.34 Å². The van der Waals surface area contributed by atoms with E-state index < -0.39 is 0 Å². The van der Waals surface area contributed by atoms with Crippen molar-refractivity contribution in [1.29, 1.82) is 5.41 Å². The lowest BCUT2D eigenvalue weighted by atomic mass is 9.88. The van der Waals surface area contributed by atoms with Crippen molar-refractivity contribution >= 4 is 40.9 Å². The molecule has 172 valence electrons. The molecule has 1 heterocycles. The van der Waals surface area contributed by atoms with Crippen molar-refractivity contribution in [3.05, 3.63) is 51.2 Å². The van der Waals surface area contributed by atoms with Gasteiger partial charge in [-0.1, -0.05) is 35.1 Å². The molecule has 0 spiro atoms. The lowest BCUT2D eigenvalue weighted by Crippen LogP contribution is -2.51. The Kier molecular flexibility index (Phi) is 8.37.